The van der Waals surface area contributed by atoms with Crippen LogP contribution in [-0.4, -0.2) is 41.5 Å². The highest BCUT2D eigenvalue weighted by molar-refractivity contribution is 5.93. The number of hydrogen-bond donors (Lipinski definition) is 1. The molecule has 2 atom stereocenters. The molecule has 2 aromatic heterocycles. The summed E-state index contributed by atoms with van der Waals surface area (Å²) in [7, 11) is 1.72. The molecule has 1 aromatic carbocycles. The van der Waals surface area contributed by atoms with Crippen LogP contribution in [0.4, 0.5) is 24.7 Å². The van der Waals surface area contributed by atoms with Gasteiger partial charge >= 0.3 is 6.18 Å². The number of hydrogen-bond acceptors (Lipinski definition) is 6. The summed E-state index contributed by atoms with van der Waals surface area (Å²) in [5, 5.41) is 12.6. The first kappa shape index (κ1) is 22.3. The second-order valence-corrected chi connectivity index (χ2v) is 8.20. The second-order valence-electron chi connectivity index (χ2n) is 8.20. The van der Waals surface area contributed by atoms with Crippen molar-refractivity contribution in [3.8, 4) is 0 Å². The first-order valence-electron chi connectivity index (χ1n) is 10.5. The second kappa shape index (κ2) is 8.54. The first-order valence-corrected chi connectivity index (χ1v) is 10.5. The Bertz CT molecular complexity index is 1130. The van der Waals surface area contributed by atoms with E-state index < -0.39 is 17.8 Å². The van der Waals surface area contributed by atoms with Crippen LogP contribution in [0.2, 0.25) is 0 Å². The minimum atomic E-state index is -4.39. The van der Waals surface area contributed by atoms with Gasteiger partial charge < -0.3 is 15.0 Å². The maximum absolute atomic E-state index is 13.1. The molecule has 0 amide bonds. The number of halogens is 3. The lowest BCUT2D eigenvalue weighted by molar-refractivity contribution is -0.137. The molecule has 0 saturated carbocycles. The largest absolute Gasteiger partial charge is 0.416 e. The highest BCUT2D eigenvalue weighted by Gasteiger charge is 2.31. The molecular formula is C23H26F3N5O. The number of alkyl halides is 3. The summed E-state index contributed by atoms with van der Waals surface area (Å²) in [6.07, 6.45) is -3.27. The molecule has 4 rings (SSSR count). The lowest BCUT2D eigenvalue weighted by atomic mass is 10.0. The average molecular weight is 445 g/mol. The lowest BCUT2D eigenvalue weighted by Gasteiger charge is -2.22. The van der Waals surface area contributed by atoms with Gasteiger partial charge in [0.15, 0.2) is 5.82 Å². The molecule has 0 unspecified atom stereocenters. The molecule has 0 aliphatic carbocycles. The van der Waals surface area contributed by atoms with Gasteiger partial charge in [0, 0.05) is 25.6 Å². The third-order valence-electron chi connectivity index (χ3n) is 5.97. The number of fused-ring (bicyclic) bond motifs is 1. The lowest BCUT2D eigenvalue weighted by Crippen LogP contribution is -2.23. The summed E-state index contributed by atoms with van der Waals surface area (Å²) in [6, 6.07) is 6.94. The highest BCUT2D eigenvalue weighted by atomic mass is 19.4. The molecule has 1 aliphatic heterocycles. The Balaban J connectivity index is 1.70. The Morgan fingerprint density at radius 2 is 1.94 bits per heavy atom. The number of nitrogens with zero attached hydrogens (tertiary/aromatic N) is 4. The number of anilines is 2. The number of aryl methyl sites for hydroxylation is 2. The van der Waals surface area contributed by atoms with Crippen LogP contribution in [0.5, 0.6) is 0 Å². The monoisotopic (exact) mass is 445 g/mol. The van der Waals surface area contributed by atoms with Crippen molar-refractivity contribution in [1.82, 2.24) is 15.2 Å². The van der Waals surface area contributed by atoms with E-state index in [1.54, 1.807) is 20.1 Å². The standard InChI is InChI=1S/C23H26F3N5O/c1-13(16-6-5-7-17(10-16)23(24,25)26)28-22-19-11-20(31-9-8-18(12-31)32-4)14(2)27-21(19)15(3)29-30-22/h5-7,10-11,13,18H,8-9,12H2,1-4H3,(H,28,30)/t13-,18+/m1/s1. The summed E-state index contributed by atoms with van der Waals surface area (Å²) in [5.74, 6) is 0.492. The van der Waals surface area contributed by atoms with Gasteiger partial charge in [0.05, 0.1) is 40.3 Å². The van der Waals surface area contributed by atoms with Crippen molar-refractivity contribution in [2.75, 3.05) is 30.4 Å². The van der Waals surface area contributed by atoms with Gasteiger partial charge in [-0.25, -0.2) is 4.98 Å². The van der Waals surface area contributed by atoms with Gasteiger partial charge in [-0.2, -0.15) is 18.3 Å². The molecule has 9 heteroatoms. The van der Waals surface area contributed by atoms with Crippen molar-refractivity contribution < 1.29 is 17.9 Å². The molecule has 0 bridgehead atoms. The first-order chi connectivity index (χ1) is 15.2. The Morgan fingerprint density at radius 3 is 2.62 bits per heavy atom. The Kier molecular flexibility index (Phi) is 5.94. The number of aromatic nitrogens is 3. The zero-order valence-corrected chi connectivity index (χ0v) is 18.5. The van der Waals surface area contributed by atoms with Crippen LogP contribution in [0, 0.1) is 13.8 Å². The molecule has 3 aromatic rings. The van der Waals surface area contributed by atoms with E-state index >= 15 is 0 Å². The summed E-state index contributed by atoms with van der Waals surface area (Å²) < 4.78 is 44.9. The zero-order valence-electron chi connectivity index (χ0n) is 18.5. The number of pyridine rings is 1. The molecule has 1 saturated heterocycles. The van der Waals surface area contributed by atoms with Gasteiger partial charge in [-0.3, -0.25) is 0 Å². The van der Waals surface area contributed by atoms with E-state index in [-0.39, 0.29) is 6.10 Å². The quantitative estimate of drug-likeness (QED) is 0.592. The van der Waals surface area contributed by atoms with Gasteiger partial charge in [0.2, 0.25) is 0 Å². The van der Waals surface area contributed by atoms with E-state index in [9.17, 15) is 13.2 Å². The third-order valence-corrected chi connectivity index (χ3v) is 5.97. The Labute approximate surface area is 184 Å². The molecular weight excluding hydrogens is 419 g/mol. The summed E-state index contributed by atoms with van der Waals surface area (Å²) >= 11 is 0. The summed E-state index contributed by atoms with van der Waals surface area (Å²) in [4.78, 5) is 7.03. The zero-order chi connectivity index (χ0) is 23.0. The van der Waals surface area contributed by atoms with Crippen LogP contribution in [-0.2, 0) is 10.9 Å². The molecule has 170 valence electrons. The smallest absolute Gasteiger partial charge is 0.380 e. The van der Waals surface area contributed by atoms with Crippen molar-refractivity contribution in [2.24, 2.45) is 0 Å². The van der Waals surface area contributed by atoms with Crippen LogP contribution in [0.1, 0.15) is 41.9 Å². The van der Waals surface area contributed by atoms with Crippen LogP contribution >= 0.6 is 0 Å². The topological polar surface area (TPSA) is 63.2 Å². The van der Waals surface area contributed by atoms with E-state index in [2.05, 4.69) is 20.4 Å². The minimum absolute atomic E-state index is 0.181. The Morgan fingerprint density at radius 1 is 1.16 bits per heavy atom. The normalized spacial score (nSPS) is 17.7. The average Bonchev–Trinajstić information content (AvgIpc) is 3.24. The molecule has 0 spiro atoms. The van der Waals surface area contributed by atoms with Gasteiger partial charge in [-0.05, 0) is 51.0 Å². The number of nitrogens with one attached hydrogen (secondary N) is 1. The molecule has 32 heavy (non-hydrogen) atoms. The fourth-order valence-electron chi connectivity index (χ4n) is 4.12. The molecule has 1 N–H and O–H groups in total. The number of methoxy groups -OCH3 is 1. The number of ether oxygens (including phenoxy) is 1. The van der Waals surface area contributed by atoms with Crippen LogP contribution in [0.15, 0.2) is 30.3 Å². The van der Waals surface area contributed by atoms with Crippen LogP contribution in [0.25, 0.3) is 10.9 Å². The Hall–Kier alpha value is -2.94. The highest BCUT2D eigenvalue weighted by Crippen LogP contribution is 2.34. The molecule has 6 nitrogen and oxygen atoms in total. The molecule has 3 heterocycles. The summed E-state index contributed by atoms with van der Waals surface area (Å²) in [6.45, 7) is 7.26. The number of benzene rings is 1. The molecule has 1 fully saturated rings. The van der Waals surface area contributed by atoms with Gasteiger partial charge in [0.25, 0.3) is 0 Å². The fraction of sp³-hybridized carbons (Fsp3) is 0.435. The van der Waals surface area contributed by atoms with Crippen molar-refractivity contribution in [1.29, 1.82) is 0 Å². The van der Waals surface area contributed by atoms with Gasteiger partial charge in [0.1, 0.15) is 0 Å². The predicted octanol–water partition coefficient (Wildman–Crippen LogP) is 5.06. The predicted molar refractivity (Wildman–Crippen MR) is 118 cm³/mol. The van der Waals surface area contributed by atoms with Crippen LogP contribution in [0.3, 0.4) is 0 Å². The summed E-state index contributed by atoms with van der Waals surface area (Å²) in [5.41, 5.74) is 3.15. The van der Waals surface area contributed by atoms with Crippen molar-refractivity contribution in [3.63, 3.8) is 0 Å². The number of rotatable bonds is 5. The maximum Gasteiger partial charge on any atom is 0.416 e. The fourth-order valence-corrected chi connectivity index (χ4v) is 4.12. The molecule has 1 aliphatic rings. The third kappa shape index (κ3) is 4.34. The van der Waals surface area contributed by atoms with Gasteiger partial charge in [-0.15, -0.1) is 5.10 Å². The van der Waals surface area contributed by atoms with E-state index in [0.717, 1.165) is 53.9 Å². The van der Waals surface area contributed by atoms with E-state index in [1.807, 2.05) is 19.9 Å². The maximum atomic E-state index is 13.1. The minimum Gasteiger partial charge on any atom is -0.380 e. The van der Waals surface area contributed by atoms with E-state index in [1.165, 1.54) is 6.07 Å². The van der Waals surface area contributed by atoms with E-state index in [4.69, 9.17) is 9.72 Å². The van der Waals surface area contributed by atoms with Crippen LogP contribution < -0.4 is 10.2 Å². The van der Waals surface area contributed by atoms with Crippen molar-refractivity contribution >= 4 is 22.4 Å². The van der Waals surface area contributed by atoms with Gasteiger partial charge in [-0.1, -0.05) is 12.1 Å². The van der Waals surface area contributed by atoms with E-state index in [0.29, 0.717) is 17.1 Å². The molecule has 0 radical (unpaired) electrons. The van der Waals surface area contributed by atoms with Crippen molar-refractivity contribution in [3.05, 3.63) is 52.8 Å². The SMILES string of the molecule is CO[C@H]1CCN(c2cc3c(N[C@H](C)c4cccc(C(F)(F)F)c4)nnc(C)c3nc2C)C1. The van der Waals surface area contributed by atoms with Crippen molar-refractivity contribution in [2.45, 2.75) is 45.5 Å².